The predicted octanol–water partition coefficient (Wildman–Crippen LogP) is 4.56. The van der Waals surface area contributed by atoms with Crippen LogP contribution in [0.5, 0.6) is 0 Å². The number of amides is 1. The summed E-state index contributed by atoms with van der Waals surface area (Å²) in [6, 6.07) is 18.2. The second kappa shape index (κ2) is 7.67. The fraction of sp³-hybridized carbons (Fsp3) is 0.182. The highest BCUT2D eigenvalue weighted by molar-refractivity contribution is 7.99. The van der Waals surface area contributed by atoms with Crippen LogP contribution in [0, 0.1) is 0 Å². The third-order valence-electron chi connectivity index (χ3n) is 4.89. The normalized spacial score (nSPS) is 13.5. The zero-order chi connectivity index (χ0) is 19.6. The lowest BCUT2D eigenvalue weighted by Crippen LogP contribution is -2.15. The molecule has 0 atom stereocenters. The highest BCUT2D eigenvalue weighted by Crippen LogP contribution is 2.41. The van der Waals surface area contributed by atoms with E-state index in [1.807, 2.05) is 54.6 Å². The van der Waals surface area contributed by atoms with Crippen LogP contribution in [0.15, 0.2) is 72.1 Å². The minimum Gasteiger partial charge on any atom is -0.325 e. The van der Waals surface area contributed by atoms with Gasteiger partial charge in [-0.1, -0.05) is 48.2 Å². The monoisotopic (exact) mass is 401 g/mol. The van der Waals surface area contributed by atoms with Crippen molar-refractivity contribution in [3.8, 4) is 11.4 Å². The molecular formula is C22H19N5OS. The van der Waals surface area contributed by atoms with E-state index in [1.165, 1.54) is 11.8 Å². The fourth-order valence-corrected chi connectivity index (χ4v) is 4.19. The lowest BCUT2D eigenvalue weighted by molar-refractivity contribution is -0.113. The molecule has 29 heavy (non-hydrogen) atoms. The summed E-state index contributed by atoms with van der Waals surface area (Å²) in [6.07, 6.45) is 5.77. The van der Waals surface area contributed by atoms with E-state index in [0.29, 0.717) is 6.04 Å². The van der Waals surface area contributed by atoms with Crippen molar-refractivity contribution in [1.29, 1.82) is 0 Å². The van der Waals surface area contributed by atoms with Gasteiger partial charge in [0.1, 0.15) is 0 Å². The van der Waals surface area contributed by atoms with E-state index in [0.717, 1.165) is 45.8 Å². The standard InChI is InChI=1S/C22H19N5OS/c28-20(24-19-9-3-6-15-5-1-2-8-18(15)19)14-29-22-26-25-21(27(22)17-10-11-17)16-7-4-12-23-13-16/h1-9,12-13,17H,10-11,14H2,(H,24,28). The number of hydrogen-bond acceptors (Lipinski definition) is 5. The molecule has 144 valence electrons. The Morgan fingerprint density at radius 1 is 1.07 bits per heavy atom. The maximum atomic E-state index is 12.6. The van der Waals surface area contributed by atoms with Gasteiger partial charge in [-0.3, -0.25) is 14.3 Å². The Morgan fingerprint density at radius 2 is 1.93 bits per heavy atom. The third kappa shape index (κ3) is 3.73. The van der Waals surface area contributed by atoms with Crippen LogP contribution in [0.25, 0.3) is 22.2 Å². The van der Waals surface area contributed by atoms with Crippen molar-refractivity contribution >= 4 is 34.1 Å². The molecule has 0 saturated heterocycles. The quantitative estimate of drug-likeness (QED) is 0.480. The van der Waals surface area contributed by atoms with Crippen LogP contribution in [0.4, 0.5) is 5.69 Å². The molecule has 6 nitrogen and oxygen atoms in total. The largest absolute Gasteiger partial charge is 0.325 e. The average Bonchev–Trinajstić information content (AvgIpc) is 3.52. The number of fused-ring (bicyclic) bond motifs is 1. The molecule has 1 aliphatic carbocycles. The van der Waals surface area contributed by atoms with Gasteiger partial charge in [0.2, 0.25) is 5.91 Å². The van der Waals surface area contributed by atoms with Crippen molar-refractivity contribution in [3.05, 3.63) is 67.0 Å². The average molecular weight is 401 g/mol. The first-order valence-corrected chi connectivity index (χ1v) is 10.5. The van der Waals surface area contributed by atoms with Crippen LogP contribution in [0.1, 0.15) is 18.9 Å². The number of rotatable bonds is 6. The van der Waals surface area contributed by atoms with Gasteiger partial charge in [-0.25, -0.2) is 0 Å². The van der Waals surface area contributed by atoms with Crippen molar-refractivity contribution in [1.82, 2.24) is 19.7 Å². The summed E-state index contributed by atoms with van der Waals surface area (Å²) in [5.74, 6) is 1.04. The molecule has 0 aliphatic heterocycles. The lowest BCUT2D eigenvalue weighted by atomic mass is 10.1. The summed E-state index contributed by atoms with van der Waals surface area (Å²) < 4.78 is 2.15. The predicted molar refractivity (Wildman–Crippen MR) is 115 cm³/mol. The van der Waals surface area contributed by atoms with Gasteiger partial charge in [0, 0.05) is 35.1 Å². The maximum absolute atomic E-state index is 12.6. The number of carbonyl (C=O) groups excluding carboxylic acids is 1. The summed E-state index contributed by atoms with van der Waals surface area (Å²) in [4.78, 5) is 16.8. The van der Waals surface area contributed by atoms with Gasteiger partial charge < -0.3 is 5.32 Å². The lowest BCUT2D eigenvalue weighted by Gasteiger charge is -2.10. The first-order chi connectivity index (χ1) is 14.3. The number of thioether (sulfide) groups is 1. The minimum absolute atomic E-state index is 0.0559. The van der Waals surface area contributed by atoms with Crippen molar-refractivity contribution in [2.75, 3.05) is 11.1 Å². The highest BCUT2D eigenvalue weighted by atomic mass is 32.2. The van der Waals surface area contributed by atoms with E-state index in [2.05, 4.69) is 25.1 Å². The molecule has 1 N–H and O–H groups in total. The summed E-state index contributed by atoms with van der Waals surface area (Å²) in [5, 5.41) is 14.7. The van der Waals surface area contributed by atoms with Crippen LogP contribution in [0.2, 0.25) is 0 Å². The summed E-state index contributed by atoms with van der Waals surface area (Å²) >= 11 is 1.42. The molecule has 0 radical (unpaired) electrons. The SMILES string of the molecule is O=C(CSc1nnc(-c2cccnc2)n1C1CC1)Nc1cccc2ccccc12. The molecule has 0 spiro atoms. The molecule has 1 saturated carbocycles. The van der Waals surface area contributed by atoms with Crippen LogP contribution in [0.3, 0.4) is 0 Å². The Kier molecular flexibility index (Phi) is 4.73. The number of hydrogen-bond donors (Lipinski definition) is 1. The second-order valence-electron chi connectivity index (χ2n) is 7.01. The number of nitrogens with zero attached hydrogens (tertiary/aromatic N) is 4. The smallest absolute Gasteiger partial charge is 0.234 e. The summed E-state index contributed by atoms with van der Waals surface area (Å²) in [7, 11) is 0. The Hall–Kier alpha value is -3.19. The Balaban J connectivity index is 1.33. The minimum atomic E-state index is -0.0559. The summed E-state index contributed by atoms with van der Waals surface area (Å²) in [6.45, 7) is 0. The zero-order valence-electron chi connectivity index (χ0n) is 15.7. The van der Waals surface area contributed by atoms with E-state index in [9.17, 15) is 4.79 Å². The second-order valence-corrected chi connectivity index (χ2v) is 7.96. The Labute approximate surface area is 172 Å². The number of anilines is 1. The molecule has 0 unspecified atom stereocenters. The number of nitrogens with one attached hydrogen (secondary N) is 1. The number of aromatic nitrogens is 4. The van der Waals surface area contributed by atoms with Crippen molar-refractivity contribution in [2.45, 2.75) is 24.0 Å². The van der Waals surface area contributed by atoms with E-state index in [1.54, 1.807) is 12.4 Å². The first-order valence-electron chi connectivity index (χ1n) is 9.55. The summed E-state index contributed by atoms with van der Waals surface area (Å²) in [5.41, 5.74) is 1.77. The van der Waals surface area contributed by atoms with Gasteiger partial charge in [-0.2, -0.15) is 0 Å². The van der Waals surface area contributed by atoms with Gasteiger partial charge in [0.05, 0.1) is 5.75 Å². The van der Waals surface area contributed by atoms with Crippen LogP contribution in [-0.4, -0.2) is 31.4 Å². The Bertz CT molecular complexity index is 1170. The number of carbonyl (C=O) groups is 1. The molecule has 5 rings (SSSR count). The van der Waals surface area contributed by atoms with Gasteiger partial charge in [-0.05, 0) is 36.4 Å². The number of pyridine rings is 1. The molecule has 2 aromatic carbocycles. The molecule has 0 bridgehead atoms. The fourth-order valence-electron chi connectivity index (χ4n) is 3.38. The molecule has 1 fully saturated rings. The molecule has 1 aliphatic rings. The van der Waals surface area contributed by atoms with Crippen LogP contribution < -0.4 is 5.32 Å². The van der Waals surface area contributed by atoms with Crippen LogP contribution in [-0.2, 0) is 4.79 Å². The van der Waals surface area contributed by atoms with Crippen molar-refractivity contribution < 1.29 is 4.79 Å². The van der Waals surface area contributed by atoms with Gasteiger partial charge in [0.15, 0.2) is 11.0 Å². The molecule has 2 heterocycles. The van der Waals surface area contributed by atoms with E-state index in [4.69, 9.17) is 0 Å². The zero-order valence-corrected chi connectivity index (χ0v) is 16.5. The van der Waals surface area contributed by atoms with E-state index in [-0.39, 0.29) is 11.7 Å². The van der Waals surface area contributed by atoms with Crippen LogP contribution >= 0.6 is 11.8 Å². The molecule has 1 amide bonds. The highest BCUT2D eigenvalue weighted by Gasteiger charge is 2.30. The van der Waals surface area contributed by atoms with Gasteiger partial charge >= 0.3 is 0 Å². The number of benzene rings is 2. The Morgan fingerprint density at radius 3 is 2.76 bits per heavy atom. The first kappa shape index (κ1) is 17.9. The van der Waals surface area contributed by atoms with Gasteiger partial charge in [0.25, 0.3) is 0 Å². The van der Waals surface area contributed by atoms with E-state index < -0.39 is 0 Å². The molecule has 4 aromatic rings. The van der Waals surface area contributed by atoms with Crippen molar-refractivity contribution in [3.63, 3.8) is 0 Å². The molecular weight excluding hydrogens is 382 g/mol. The maximum Gasteiger partial charge on any atom is 0.234 e. The van der Waals surface area contributed by atoms with E-state index >= 15 is 0 Å². The van der Waals surface area contributed by atoms with Crippen molar-refractivity contribution in [2.24, 2.45) is 0 Å². The third-order valence-corrected chi connectivity index (χ3v) is 5.84. The topological polar surface area (TPSA) is 72.7 Å². The molecule has 2 aromatic heterocycles. The van der Waals surface area contributed by atoms with Gasteiger partial charge in [-0.15, -0.1) is 10.2 Å². The molecule has 7 heteroatoms.